The maximum absolute atomic E-state index is 13.7. The van der Waals surface area contributed by atoms with Crippen LogP contribution in [0.25, 0.3) is 6.08 Å². The van der Waals surface area contributed by atoms with E-state index in [2.05, 4.69) is 4.74 Å². The minimum absolute atomic E-state index is 0.0742. The first-order valence-corrected chi connectivity index (χ1v) is 12.7. The smallest absolute Gasteiger partial charge is 0.492 e. The molecule has 0 radical (unpaired) electrons. The van der Waals surface area contributed by atoms with Gasteiger partial charge < -0.3 is 14.6 Å². The zero-order chi connectivity index (χ0) is 28.0. The summed E-state index contributed by atoms with van der Waals surface area (Å²) in [6.07, 6.45) is -3.81. The Kier molecular flexibility index (Phi) is 9.99. The number of carbonyl (C=O) groups is 1. The van der Waals surface area contributed by atoms with Gasteiger partial charge in [-0.2, -0.15) is 0 Å². The largest absolute Gasteiger partial charge is 0.573 e. The number of aliphatic hydroxyl groups excluding tert-OH is 1. The van der Waals surface area contributed by atoms with E-state index < -0.39 is 51.1 Å². The van der Waals surface area contributed by atoms with Gasteiger partial charge in [-0.05, 0) is 54.3 Å². The molecule has 2 aromatic carbocycles. The fourth-order valence-corrected chi connectivity index (χ4v) is 4.43. The van der Waals surface area contributed by atoms with Crippen molar-refractivity contribution < 1.29 is 45.4 Å². The number of sulfone groups is 1. The van der Waals surface area contributed by atoms with Crippen LogP contribution in [0, 0.1) is 17.1 Å². The van der Waals surface area contributed by atoms with Crippen molar-refractivity contribution in [2.24, 2.45) is 5.92 Å². The molecule has 0 saturated heterocycles. The highest BCUT2D eigenvalue weighted by molar-refractivity contribution is 8.06. The number of ketones is 1. The fraction of sp³-hybridized carbons (Fsp3) is 0.360. The third-order valence-corrected chi connectivity index (χ3v) is 7.09. The Morgan fingerprint density at radius 1 is 1.14 bits per heavy atom. The van der Waals surface area contributed by atoms with Gasteiger partial charge in [-0.3, -0.25) is 10.2 Å². The number of halogens is 4. The van der Waals surface area contributed by atoms with Crippen LogP contribution in [0.2, 0.25) is 0 Å². The molecule has 0 aliphatic heterocycles. The number of ether oxygens (including phenoxy) is 2. The number of aliphatic hydroxyl groups is 1. The van der Waals surface area contributed by atoms with E-state index in [0.29, 0.717) is 24.1 Å². The molecule has 2 atom stereocenters. The molecule has 12 heteroatoms. The maximum atomic E-state index is 13.7. The van der Waals surface area contributed by atoms with Crippen LogP contribution in [-0.4, -0.2) is 43.4 Å². The first-order valence-electron chi connectivity index (χ1n) is 11.2. The van der Waals surface area contributed by atoms with Crippen molar-refractivity contribution in [1.82, 2.24) is 0 Å². The molecule has 0 saturated carbocycles. The minimum Gasteiger partial charge on any atom is -0.492 e. The molecule has 0 amide bonds. The Balaban J connectivity index is 2.32. The van der Waals surface area contributed by atoms with Crippen LogP contribution < -0.4 is 9.47 Å². The molecule has 0 aliphatic rings. The van der Waals surface area contributed by atoms with Gasteiger partial charge in [0.05, 0.1) is 6.61 Å². The monoisotopic (exact) mass is 545 g/mol. The molecule has 0 fully saturated rings. The molecule has 0 spiro atoms. The molecule has 0 aromatic heterocycles. The molecule has 0 aliphatic carbocycles. The molecular weight excluding hydrogens is 518 g/mol. The van der Waals surface area contributed by atoms with E-state index in [1.165, 1.54) is 30.4 Å². The summed E-state index contributed by atoms with van der Waals surface area (Å²) in [5.74, 6) is -3.31. The van der Waals surface area contributed by atoms with Crippen LogP contribution in [0.4, 0.5) is 17.6 Å². The van der Waals surface area contributed by atoms with Gasteiger partial charge in [0.25, 0.3) is 0 Å². The van der Waals surface area contributed by atoms with Crippen molar-refractivity contribution in [3.8, 4) is 11.5 Å². The predicted molar refractivity (Wildman–Crippen MR) is 129 cm³/mol. The second-order valence-corrected chi connectivity index (χ2v) is 10.1. The van der Waals surface area contributed by atoms with Gasteiger partial charge in [0.2, 0.25) is 9.84 Å². The van der Waals surface area contributed by atoms with E-state index in [0.717, 1.165) is 6.07 Å². The lowest BCUT2D eigenvalue weighted by Gasteiger charge is -2.14. The molecule has 2 aromatic rings. The lowest BCUT2D eigenvalue weighted by Crippen LogP contribution is -2.25. The summed E-state index contributed by atoms with van der Waals surface area (Å²) in [6, 6.07) is 6.29. The minimum atomic E-state index is -5.15. The molecular formula is C25H27F4NO6S. The SMILES string of the molecule is CCOc1cc(/C=C/C(=O)[C@@H](O)[C@@H](C)CC)ccc1S(=O)(=O)C(=N)Cc1ccc(F)c(OC(F)(F)F)c1. The molecule has 0 heterocycles. The van der Waals surface area contributed by atoms with Crippen LogP contribution in [-0.2, 0) is 21.1 Å². The van der Waals surface area contributed by atoms with Crippen LogP contribution in [0.1, 0.15) is 38.3 Å². The summed E-state index contributed by atoms with van der Waals surface area (Å²) in [7, 11) is -4.45. The van der Waals surface area contributed by atoms with Crippen molar-refractivity contribution in [3.05, 3.63) is 59.4 Å². The molecule has 0 bridgehead atoms. The van der Waals surface area contributed by atoms with E-state index in [-0.39, 0.29) is 28.7 Å². The first-order chi connectivity index (χ1) is 17.2. The number of nitrogens with one attached hydrogen (secondary N) is 1. The normalized spacial score (nSPS) is 13.8. The highest BCUT2D eigenvalue weighted by Crippen LogP contribution is 2.30. The molecule has 2 N–H and O–H groups in total. The van der Waals surface area contributed by atoms with E-state index in [1.807, 2.05) is 6.92 Å². The second kappa shape index (κ2) is 12.3. The molecule has 0 unspecified atom stereocenters. The zero-order valence-corrected chi connectivity index (χ0v) is 21.1. The highest BCUT2D eigenvalue weighted by Gasteiger charge is 2.33. The quantitative estimate of drug-likeness (QED) is 0.176. The number of rotatable bonds is 11. The van der Waals surface area contributed by atoms with E-state index in [9.17, 15) is 35.9 Å². The molecule has 2 rings (SSSR count). The van der Waals surface area contributed by atoms with Crippen molar-refractivity contribution in [3.63, 3.8) is 0 Å². The van der Waals surface area contributed by atoms with Crippen LogP contribution in [0.5, 0.6) is 11.5 Å². The Hall–Kier alpha value is -3.25. The third-order valence-electron chi connectivity index (χ3n) is 5.38. The Morgan fingerprint density at radius 3 is 2.41 bits per heavy atom. The summed E-state index contributed by atoms with van der Waals surface area (Å²) in [5.41, 5.74) is 0.302. The third kappa shape index (κ3) is 8.12. The Labute approximate surface area is 212 Å². The van der Waals surface area contributed by atoms with Gasteiger partial charge in [-0.25, -0.2) is 12.8 Å². The molecule has 37 heavy (non-hydrogen) atoms. The lowest BCUT2D eigenvalue weighted by atomic mass is 9.98. The van der Waals surface area contributed by atoms with Crippen molar-refractivity contribution in [2.75, 3.05) is 6.61 Å². The maximum Gasteiger partial charge on any atom is 0.573 e. The van der Waals surface area contributed by atoms with Gasteiger partial charge in [0.15, 0.2) is 17.3 Å². The van der Waals surface area contributed by atoms with Gasteiger partial charge in [0.1, 0.15) is 21.8 Å². The van der Waals surface area contributed by atoms with Crippen LogP contribution in [0.15, 0.2) is 47.4 Å². The van der Waals surface area contributed by atoms with Gasteiger partial charge >= 0.3 is 6.36 Å². The Morgan fingerprint density at radius 2 is 1.81 bits per heavy atom. The highest BCUT2D eigenvalue weighted by atomic mass is 32.2. The lowest BCUT2D eigenvalue weighted by molar-refractivity contribution is -0.275. The van der Waals surface area contributed by atoms with Crippen LogP contribution >= 0.6 is 0 Å². The van der Waals surface area contributed by atoms with E-state index in [1.54, 1.807) is 13.8 Å². The zero-order valence-electron chi connectivity index (χ0n) is 20.3. The summed E-state index contributed by atoms with van der Waals surface area (Å²) >= 11 is 0. The number of carbonyl (C=O) groups excluding carboxylic acids is 1. The van der Waals surface area contributed by atoms with E-state index in [4.69, 9.17) is 10.1 Å². The number of hydrogen-bond acceptors (Lipinski definition) is 7. The summed E-state index contributed by atoms with van der Waals surface area (Å²) < 4.78 is 86.4. The van der Waals surface area contributed by atoms with Gasteiger partial charge in [-0.1, -0.05) is 38.5 Å². The second-order valence-electron chi connectivity index (χ2n) is 8.12. The molecule has 7 nitrogen and oxygen atoms in total. The van der Waals surface area contributed by atoms with Crippen molar-refractivity contribution >= 4 is 26.7 Å². The number of hydrogen-bond donors (Lipinski definition) is 2. The average molecular weight is 546 g/mol. The van der Waals surface area contributed by atoms with E-state index >= 15 is 0 Å². The molecule has 202 valence electrons. The fourth-order valence-electron chi connectivity index (χ4n) is 3.17. The van der Waals surface area contributed by atoms with Crippen LogP contribution in [0.3, 0.4) is 0 Å². The number of benzene rings is 2. The summed E-state index contributed by atoms with van der Waals surface area (Å²) in [4.78, 5) is 11.8. The van der Waals surface area contributed by atoms with Crippen molar-refractivity contribution in [1.29, 1.82) is 5.41 Å². The average Bonchev–Trinajstić information content (AvgIpc) is 2.82. The Bertz CT molecular complexity index is 1270. The van der Waals surface area contributed by atoms with Crippen molar-refractivity contribution in [2.45, 2.75) is 51.0 Å². The van der Waals surface area contributed by atoms with Gasteiger partial charge in [-0.15, -0.1) is 13.2 Å². The standard InChI is InChI=1S/C25H27F4NO6S/c1-4-15(3)24(32)19(31)10-7-16-8-11-22(21(12-16)35-5-2)37(33,34)23(30)14-17-6-9-18(26)20(13-17)36-25(27,28)29/h6-13,15,24,30,32H,4-5,14H2,1-3H3/b10-7+,30-23?/t15-,24-/m0/s1. The summed E-state index contributed by atoms with van der Waals surface area (Å²) in [6.45, 7) is 5.25. The summed E-state index contributed by atoms with van der Waals surface area (Å²) in [5, 5.41) is 17.3. The topological polar surface area (TPSA) is 114 Å². The predicted octanol–water partition coefficient (Wildman–Crippen LogP) is 5.11. The van der Waals surface area contributed by atoms with Gasteiger partial charge in [0, 0.05) is 6.42 Å². The number of alkyl halides is 3. The first kappa shape index (κ1) is 30.0.